The van der Waals surface area contributed by atoms with Crippen LogP contribution < -0.4 is 22.0 Å². The molecule has 4 nitrogen and oxygen atoms in total. The third-order valence-corrected chi connectivity index (χ3v) is 1.98. The van der Waals surface area contributed by atoms with Crippen LogP contribution in [0.2, 0.25) is 0 Å². The van der Waals surface area contributed by atoms with Gasteiger partial charge in [0.1, 0.15) is 11.4 Å². The van der Waals surface area contributed by atoms with Crippen LogP contribution in [0.15, 0.2) is 24.3 Å². The Hall–Kier alpha value is -1.26. The van der Waals surface area contributed by atoms with Crippen molar-refractivity contribution in [2.24, 2.45) is 0 Å². The second kappa shape index (κ2) is 6.35. The summed E-state index contributed by atoms with van der Waals surface area (Å²) in [6.07, 6.45) is -0.360. The molecule has 0 aromatic heterocycles. The Morgan fingerprint density at radius 1 is 1.31 bits per heavy atom. The Balaban J connectivity index is 0.00000225. The molecule has 0 fully saturated rings. The van der Waals surface area contributed by atoms with Gasteiger partial charge in [-0.1, -0.05) is 6.07 Å². The van der Waals surface area contributed by atoms with Gasteiger partial charge < -0.3 is 26.9 Å². The van der Waals surface area contributed by atoms with Crippen molar-refractivity contribution in [2.75, 3.05) is 28.2 Å². The molecule has 0 heterocycles. The second-order valence-electron chi connectivity index (χ2n) is 3.79. The first-order valence-electron chi connectivity index (χ1n) is 4.80. The average Bonchev–Trinajstić information content (AvgIpc) is 2.18. The monoisotopic (exact) mass is 244 g/mol. The molecule has 0 spiro atoms. The van der Waals surface area contributed by atoms with Gasteiger partial charge in [0.25, 0.3) is 0 Å². The Morgan fingerprint density at radius 2 is 1.94 bits per heavy atom. The fraction of sp³-hybridized carbons (Fsp3) is 0.364. The molecule has 0 aliphatic heterocycles. The summed E-state index contributed by atoms with van der Waals surface area (Å²) in [5, 5.41) is 0. The molecular formula is C11H17ClN2O2. The summed E-state index contributed by atoms with van der Waals surface area (Å²) in [5.74, 6) is 0.576. The van der Waals surface area contributed by atoms with Crippen molar-refractivity contribution in [3.8, 4) is 5.75 Å². The molecule has 0 saturated heterocycles. The van der Waals surface area contributed by atoms with Crippen LogP contribution in [0, 0.1) is 0 Å². The van der Waals surface area contributed by atoms with Crippen LogP contribution in [-0.4, -0.2) is 39.2 Å². The predicted octanol–water partition coefficient (Wildman–Crippen LogP) is -2.47. The number of carbonyl (C=O) groups is 1. The van der Waals surface area contributed by atoms with Crippen LogP contribution in [0.25, 0.3) is 0 Å². The van der Waals surface area contributed by atoms with Crippen molar-refractivity contribution in [3.63, 3.8) is 0 Å². The lowest BCUT2D eigenvalue weighted by molar-refractivity contribution is -0.786. The summed E-state index contributed by atoms with van der Waals surface area (Å²) in [4.78, 5) is 13.9. The third-order valence-electron chi connectivity index (χ3n) is 1.98. The van der Waals surface area contributed by atoms with E-state index in [2.05, 4.69) is 0 Å². The fourth-order valence-corrected chi connectivity index (χ4v) is 1.06. The van der Waals surface area contributed by atoms with E-state index in [1.165, 1.54) is 9.80 Å². The Bertz CT molecular complexity index is 354. The lowest BCUT2D eigenvalue weighted by atomic mass is 10.3. The number of hydrogen-bond acceptors (Lipinski definition) is 2. The minimum atomic E-state index is -0.360. The molecule has 1 amide bonds. The summed E-state index contributed by atoms with van der Waals surface area (Å²) in [5.41, 5.74) is 1.08. The molecule has 5 heteroatoms. The molecule has 0 unspecified atom stereocenters. The van der Waals surface area contributed by atoms with Gasteiger partial charge in [-0.3, -0.25) is 0 Å². The second-order valence-corrected chi connectivity index (χ2v) is 3.79. The van der Waals surface area contributed by atoms with Crippen molar-refractivity contribution >= 4 is 11.8 Å². The van der Waals surface area contributed by atoms with Gasteiger partial charge in [0, 0.05) is 20.2 Å². The summed E-state index contributed by atoms with van der Waals surface area (Å²) >= 11 is 0. The van der Waals surface area contributed by atoms with Crippen molar-refractivity contribution in [3.05, 3.63) is 24.3 Å². The normalized spacial score (nSPS) is 9.56. The molecule has 0 aliphatic rings. The van der Waals surface area contributed by atoms with E-state index in [4.69, 9.17) is 4.74 Å². The maximum atomic E-state index is 11.3. The maximum Gasteiger partial charge on any atom is 0.414 e. The summed E-state index contributed by atoms with van der Waals surface area (Å²) in [6.45, 7) is 0. The smallest absolute Gasteiger partial charge is 0.414 e. The maximum absolute atomic E-state index is 11.3. The largest absolute Gasteiger partial charge is 1.00 e. The Kier molecular flexibility index (Phi) is 5.85. The number of amides is 1. The molecule has 0 bridgehead atoms. The zero-order valence-electron chi connectivity index (χ0n) is 9.95. The van der Waals surface area contributed by atoms with E-state index < -0.39 is 0 Å². The number of carbonyl (C=O) groups excluding carboxylic acids is 1. The molecule has 0 saturated carbocycles. The van der Waals surface area contributed by atoms with E-state index in [1.54, 1.807) is 20.2 Å². The van der Waals surface area contributed by atoms with Gasteiger partial charge in [-0.25, -0.2) is 4.79 Å². The third kappa shape index (κ3) is 4.08. The number of quaternary nitrogens is 1. The lowest BCUT2D eigenvalue weighted by Gasteiger charge is -2.12. The first kappa shape index (κ1) is 14.7. The first-order chi connectivity index (χ1) is 7.00. The average molecular weight is 245 g/mol. The highest BCUT2D eigenvalue weighted by Gasteiger charge is 2.08. The summed E-state index contributed by atoms with van der Waals surface area (Å²) in [7, 11) is 7.35. The molecule has 90 valence electrons. The van der Waals surface area contributed by atoms with Crippen LogP contribution in [0.3, 0.4) is 0 Å². The minimum Gasteiger partial charge on any atom is -1.00 e. The molecule has 1 rings (SSSR count). The van der Waals surface area contributed by atoms with Gasteiger partial charge in [0.2, 0.25) is 0 Å². The number of nitrogens with one attached hydrogen (secondary N) is 1. The van der Waals surface area contributed by atoms with Crippen LogP contribution in [0.4, 0.5) is 10.5 Å². The van der Waals surface area contributed by atoms with Crippen molar-refractivity contribution in [1.82, 2.24) is 4.90 Å². The summed E-state index contributed by atoms with van der Waals surface area (Å²) < 4.78 is 5.14. The number of ether oxygens (including phenoxy) is 1. The zero-order chi connectivity index (χ0) is 11.4. The van der Waals surface area contributed by atoms with E-state index in [1.807, 2.05) is 32.3 Å². The Labute approximate surface area is 102 Å². The molecule has 16 heavy (non-hydrogen) atoms. The molecular weight excluding hydrogens is 228 g/mol. The highest BCUT2D eigenvalue weighted by molar-refractivity contribution is 5.70. The van der Waals surface area contributed by atoms with Gasteiger partial charge >= 0.3 is 6.09 Å². The molecule has 0 aliphatic carbocycles. The van der Waals surface area contributed by atoms with Gasteiger partial charge in [0.15, 0.2) is 0 Å². The summed E-state index contributed by atoms with van der Waals surface area (Å²) in [6, 6.07) is 7.49. The number of hydrogen-bond donors (Lipinski definition) is 1. The molecule has 0 atom stereocenters. The molecule has 1 N–H and O–H groups in total. The highest BCUT2D eigenvalue weighted by atomic mass is 35.5. The van der Waals surface area contributed by atoms with Gasteiger partial charge in [-0.2, -0.15) is 0 Å². The lowest BCUT2D eigenvalue weighted by Crippen LogP contribution is -3.00. The SMILES string of the molecule is CN(C)C(=O)Oc1cccc([NH+](C)C)c1.[Cl-]. The molecule has 1 aromatic rings. The quantitative estimate of drug-likeness (QED) is 0.626. The van der Waals surface area contributed by atoms with Gasteiger partial charge in [-0.15, -0.1) is 0 Å². The number of benzene rings is 1. The van der Waals surface area contributed by atoms with E-state index in [0.29, 0.717) is 5.75 Å². The number of nitrogens with zero attached hydrogens (tertiary/aromatic N) is 1. The Morgan fingerprint density at radius 3 is 2.44 bits per heavy atom. The molecule has 1 aromatic carbocycles. The van der Waals surface area contributed by atoms with Crippen LogP contribution >= 0.6 is 0 Å². The zero-order valence-corrected chi connectivity index (χ0v) is 10.7. The van der Waals surface area contributed by atoms with Crippen LogP contribution in [-0.2, 0) is 0 Å². The predicted molar refractivity (Wildman–Crippen MR) is 58.6 cm³/mol. The number of rotatable bonds is 2. The first-order valence-corrected chi connectivity index (χ1v) is 4.80. The van der Waals surface area contributed by atoms with Gasteiger partial charge in [-0.05, 0) is 12.1 Å². The van der Waals surface area contributed by atoms with E-state index >= 15 is 0 Å². The van der Waals surface area contributed by atoms with Crippen molar-refractivity contribution in [2.45, 2.75) is 0 Å². The number of halogens is 1. The minimum absolute atomic E-state index is 0. The van der Waals surface area contributed by atoms with E-state index in [9.17, 15) is 4.79 Å². The van der Waals surface area contributed by atoms with Crippen molar-refractivity contribution < 1.29 is 26.8 Å². The van der Waals surface area contributed by atoms with Gasteiger partial charge in [0.05, 0.1) is 14.1 Å². The topological polar surface area (TPSA) is 34.0 Å². The van der Waals surface area contributed by atoms with E-state index in [-0.39, 0.29) is 18.5 Å². The fourth-order valence-electron chi connectivity index (χ4n) is 1.06. The van der Waals surface area contributed by atoms with Crippen molar-refractivity contribution in [1.29, 1.82) is 0 Å². The standard InChI is InChI=1S/C11H16N2O2.ClH/c1-12(2)9-6-5-7-10(8-9)15-11(14)13(3)4;/h5-8H,1-4H3;1H. The highest BCUT2D eigenvalue weighted by Crippen LogP contribution is 2.14. The van der Waals surface area contributed by atoms with E-state index in [0.717, 1.165) is 5.69 Å². The van der Waals surface area contributed by atoms with Crippen LogP contribution in [0.5, 0.6) is 5.75 Å². The van der Waals surface area contributed by atoms with Crippen LogP contribution in [0.1, 0.15) is 0 Å². The molecule has 0 radical (unpaired) electrons.